The van der Waals surface area contributed by atoms with Gasteiger partial charge in [-0.25, -0.2) is 4.98 Å². The molecule has 0 amide bonds. The highest BCUT2D eigenvalue weighted by Crippen LogP contribution is 2.33. The molecule has 24 heavy (non-hydrogen) atoms. The number of fused-ring (bicyclic) bond motifs is 2. The summed E-state index contributed by atoms with van der Waals surface area (Å²) >= 11 is 1.71. The normalized spacial score (nSPS) is 23.4. The molecule has 2 saturated heterocycles. The van der Waals surface area contributed by atoms with Crippen molar-refractivity contribution in [2.24, 2.45) is 0 Å². The smallest absolute Gasteiger partial charge is 0.237 e. The summed E-state index contributed by atoms with van der Waals surface area (Å²) in [7, 11) is 0. The highest BCUT2D eigenvalue weighted by atomic mass is 35.5. The summed E-state index contributed by atoms with van der Waals surface area (Å²) < 4.78 is 5.96. The Bertz CT molecular complexity index is 659. The van der Waals surface area contributed by atoms with Crippen LogP contribution in [0.25, 0.3) is 10.8 Å². The van der Waals surface area contributed by atoms with Crippen molar-refractivity contribution in [2.45, 2.75) is 51.7 Å². The maximum atomic E-state index is 5.96. The highest BCUT2D eigenvalue weighted by molar-refractivity contribution is 7.13. The van der Waals surface area contributed by atoms with Crippen LogP contribution in [-0.4, -0.2) is 35.1 Å². The Kier molecular flexibility index (Phi) is 6.74. The molecule has 0 aromatic carbocycles. The van der Waals surface area contributed by atoms with Crippen molar-refractivity contribution in [3.8, 4) is 10.8 Å². The zero-order valence-electron chi connectivity index (χ0n) is 14.1. The summed E-state index contributed by atoms with van der Waals surface area (Å²) in [4.78, 5) is 8.63. The number of nitrogens with one attached hydrogen (secondary N) is 1. The van der Waals surface area contributed by atoms with E-state index in [-0.39, 0.29) is 24.8 Å². The van der Waals surface area contributed by atoms with E-state index in [1.54, 1.807) is 11.3 Å². The third-order valence-electron chi connectivity index (χ3n) is 5.09. The third-order valence-corrected chi connectivity index (χ3v) is 6.09. The molecule has 2 fully saturated rings. The van der Waals surface area contributed by atoms with Gasteiger partial charge in [0.05, 0.1) is 10.6 Å². The van der Waals surface area contributed by atoms with Gasteiger partial charge >= 0.3 is 0 Å². The molecule has 0 spiro atoms. The Hall–Kier alpha value is -0.590. The zero-order valence-corrected chi connectivity index (χ0v) is 16.5. The molecule has 1 N–H and O–H groups in total. The van der Waals surface area contributed by atoms with Crippen molar-refractivity contribution in [1.82, 2.24) is 15.2 Å². The second-order valence-corrected chi connectivity index (χ2v) is 7.42. The van der Waals surface area contributed by atoms with Crippen molar-refractivity contribution >= 4 is 36.2 Å². The Morgan fingerprint density at radius 3 is 2.79 bits per heavy atom. The highest BCUT2D eigenvalue weighted by Gasteiger charge is 2.35. The summed E-state index contributed by atoms with van der Waals surface area (Å²) in [6.07, 6.45) is 3.90. The minimum absolute atomic E-state index is 0. The van der Waals surface area contributed by atoms with Crippen molar-refractivity contribution in [1.29, 1.82) is 0 Å². The lowest BCUT2D eigenvalue weighted by atomic mass is 10.1. The molecule has 0 unspecified atom stereocenters. The van der Waals surface area contributed by atoms with E-state index in [2.05, 4.69) is 28.6 Å². The first-order valence-electron chi connectivity index (χ1n) is 8.19. The van der Waals surface area contributed by atoms with Gasteiger partial charge in [-0.2, -0.15) is 0 Å². The van der Waals surface area contributed by atoms with E-state index in [1.165, 1.54) is 24.8 Å². The number of aryl methyl sites for hydroxylation is 2. The molecule has 0 radical (unpaired) electrons. The summed E-state index contributed by atoms with van der Waals surface area (Å²) in [6.45, 7) is 7.36. The first-order chi connectivity index (χ1) is 10.7. The van der Waals surface area contributed by atoms with E-state index in [4.69, 9.17) is 9.40 Å². The molecule has 4 rings (SSSR count). The monoisotopic (exact) mass is 389 g/mol. The lowest BCUT2D eigenvalue weighted by Crippen LogP contribution is -2.37. The Morgan fingerprint density at radius 1 is 1.25 bits per heavy atom. The van der Waals surface area contributed by atoms with Crippen molar-refractivity contribution < 1.29 is 4.42 Å². The van der Waals surface area contributed by atoms with Gasteiger partial charge in [0.1, 0.15) is 5.76 Å². The van der Waals surface area contributed by atoms with Gasteiger partial charge < -0.3 is 9.73 Å². The van der Waals surface area contributed by atoms with Crippen LogP contribution in [-0.2, 0) is 6.54 Å². The molecule has 2 aliphatic heterocycles. The van der Waals surface area contributed by atoms with Crippen molar-refractivity contribution in [2.75, 3.05) is 13.1 Å². The van der Waals surface area contributed by atoms with Crippen LogP contribution >= 0.6 is 36.2 Å². The number of oxazole rings is 1. The lowest BCUT2D eigenvalue weighted by molar-refractivity contribution is 0.190. The first-order valence-corrected chi connectivity index (χ1v) is 9.07. The molecule has 0 aliphatic carbocycles. The number of halogens is 2. The number of hydrogen-bond acceptors (Lipinski definition) is 5. The summed E-state index contributed by atoms with van der Waals surface area (Å²) in [5, 5.41) is 5.66. The largest absolute Gasteiger partial charge is 0.440 e. The van der Waals surface area contributed by atoms with Gasteiger partial charge in [0.15, 0.2) is 0 Å². The predicted octanol–water partition coefficient (Wildman–Crippen LogP) is 4.19. The molecule has 134 valence electrons. The fourth-order valence-corrected chi connectivity index (χ4v) is 4.63. The molecule has 2 aromatic heterocycles. The average Bonchev–Trinajstić information content (AvgIpc) is 3.10. The lowest BCUT2D eigenvalue weighted by Gasteiger charge is -2.26. The molecule has 0 saturated carbocycles. The van der Waals surface area contributed by atoms with Gasteiger partial charge in [-0.3, -0.25) is 4.90 Å². The van der Waals surface area contributed by atoms with Gasteiger partial charge in [0, 0.05) is 25.2 Å². The van der Waals surface area contributed by atoms with Gasteiger partial charge in [-0.1, -0.05) is 0 Å². The molecule has 2 atom stereocenters. The first kappa shape index (κ1) is 19.7. The molecule has 4 heterocycles. The van der Waals surface area contributed by atoms with Crippen LogP contribution < -0.4 is 5.32 Å². The Morgan fingerprint density at radius 2 is 2.04 bits per heavy atom. The summed E-state index contributed by atoms with van der Waals surface area (Å²) in [6, 6.07) is 3.50. The van der Waals surface area contributed by atoms with Crippen LogP contribution in [0.15, 0.2) is 15.9 Å². The molecule has 2 bridgehead atoms. The number of aromatic nitrogens is 1. The average molecular weight is 390 g/mol. The number of thiophene rings is 1. The Labute approximate surface area is 159 Å². The predicted molar refractivity (Wildman–Crippen MR) is 104 cm³/mol. The van der Waals surface area contributed by atoms with Crippen LogP contribution in [0.5, 0.6) is 0 Å². The minimum atomic E-state index is 0. The maximum absolute atomic E-state index is 5.96. The van der Waals surface area contributed by atoms with E-state index >= 15 is 0 Å². The van der Waals surface area contributed by atoms with Crippen molar-refractivity contribution in [3.63, 3.8) is 0 Å². The maximum Gasteiger partial charge on any atom is 0.237 e. The van der Waals surface area contributed by atoms with Crippen LogP contribution in [0.4, 0.5) is 0 Å². The quantitative estimate of drug-likeness (QED) is 0.853. The van der Waals surface area contributed by atoms with Crippen LogP contribution in [0.3, 0.4) is 0 Å². The third kappa shape index (κ3) is 3.65. The topological polar surface area (TPSA) is 41.3 Å². The molecular weight excluding hydrogens is 365 g/mol. The van der Waals surface area contributed by atoms with Gasteiger partial charge in [-0.15, -0.1) is 36.2 Å². The molecular formula is C17H25Cl2N3OS. The van der Waals surface area contributed by atoms with Crippen LogP contribution in [0, 0.1) is 13.8 Å². The molecule has 2 aliphatic rings. The van der Waals surface area contributed by atoms with Gasteiger partial charge in [0.2, 0.25) is 5.89 Å². The number of hydrogen-bond donors (Lipinski definition) is 1. The van der Waals surface area contributed by atoms with E-state index in [9.17, 15) is 0 Å². The van der Waals surface area contributed by atoms with Gasteiger partial charge in [-0.05, 0) is 56.7 Å². The van der Waals surface area contributed by atoms with E-state index in [1.807, 2.05) is 6.92 Å². The summed E-state index contributed by atoms with van der Waals surface area (Å²) in [5.41, 5.74) is 2.36. The Balaban J connectivity index is 0.00000104. The second kappa shape index (κ2) is 8.19. The van der Waals surface area contributed by atoms with Gasteiger partial charge in [0.25, 0.3) is 0 Å². The fraction of sp³-hybridized carbons (Fsp3) is 0.588. The zero-order chi connectivity index (χ0) is 15.1. The number of rotatable bonds is 3. The van der Waals surface area contributed by atoms with Crippen LogP contribution in [0.1, 0.15) is 36.3 Å². The molecule has 4 nitrogen and oxygen atoms in total. The summed E-state index contributed by atoms with van der Waals surface area (Å²) in [5.74, 6) is 1.76. The molecule has 2 aromatic rings. The van der Waals surface area contributed by atoms with E-state index in [0.29, 0.717) is 12.1 Å². The fourth-order valence-electron chi connectivity index (χ4n) is 3.78. The second-order valence-electron chi connectivity index (χ2n) is 6.50. The SMILES string of the molecule is Cc1ccsc1-c1nc(CN2[C@H]3CCNC[C@@H]2CC3)c(C)o1.Cl.Cl. The number of nitrogens with zero attached hydrogens (tertiary/aromatic N) is 2. The standard InChI is InChI=1S/C17H23N3OS.2ClH/c1-11-6-8-22-16(11)17-19-15(12(2)21-17)10-20-13-3-4-14(20)9-18-7-5-13;;/h6,8,13-14,18H,3-5,7,9-10H2,1-2H3;2*1H/t13-,14+;;/m1../s1. The van der Waals surface area contributed by atoms with E-state index in [0.717, 1.165) is 41.9 Å². The van der Waals surface area contributed by atoms with Crippen molar-refractivity contribution in [3.05, 3.63) is 28.5 Å². The van der Waals surface area contributed by atoms with Crippen LogP contribution in [0.2, 0.25) is 0 Å². The van der Waals surface area contributed by atoms with E-state index < -0.39 is 0 Å². The molecule has 7 heteroatoms. The minimum Gasteiger partial charge on any atom is -0.440 e.